The van der Waals surface area contributed by atoms with Gasteiger partial charge in [-0.15, -0.1) is 0 Å². The fraction of sp³-hybridized carbons (Fsp3) is 0.226. The van der Waals surface area contributed by atoms with E-state index in [1.54, 1.807) is 146 Å². The van der Waals surface area contributed by atoms with Gasteiger partial charge in [0, 0.05) is 70.7 Å². The molecule has 12 aromatic rings. The van der Waals surface area contributed by atoms with Gasteiger partial charge in [0.2, 0.25) is 70.8 Å². The highest BCUT2D eigenvalue weighted by Crippen LogP contribution is 2.36. The summed E-state index contributed by atoms with van der Waals surface area (Å²) in [6.45, 7) is 14.3. The average molecular weight is 1850 g/mol. The number of nitrogens with zero attached hydrogens (tertiary/aromatic N) is 8. The lowest BCUT2D eigenvalue weighted by Gasteiger charge is -2.17. The third-order valence-corrected chi connectivity index (χ3v) is 17.8. The van der Waals surface area contributed by atoms with Gasteiger partial charge in [0.15, 0.2) is 0 Å². The summed E-state index contributed by atoms with van der Waals surface area (Å²) in [5.41, 5.74) is -0.387. The van der Waals surface area contributed by atoms with Crippen molar-refractivity contribution in [1.82, 2.24) is 39.9 Å². The molecule has 0 spiro atoms. The predicted molar refractivity (Wildman–Crippen MR) is 468 cm³/mol. The molecule has 0 saturated heterocycles. The number of aromatic nitrogens is 8. The number of anilines is 8. The van der Waals surface area contributed by atoms with Crippen LogP contribution in [0.3, 0.4) is 0 Å². The summed E-state index contributed by atoms with van der Waals surface area (Å²) < 4.78 is 175. The Morgan fingerprint density at radius 3 is 0.812 bits per heavy atom. The molecule has 0 unspecified atom stereocenters. The minimum atomic E-state index is -4.47. The van der Waals surface area contributed by atoms with Crippen LogP contribution in [0.4, 0.5) is 98.7 Å². The molecule has 0 saturated carbocycles. The maximum absolute atomic E-state index is 12.8. The molecular weight excluding hydrogens is 1760 g/mol. The van der Waals surface area contributed by atoms with Crippen LogP contribution in [0, 0.1) is 17.3 Å². The van der Waals surface area contributed by atoms with Crippen molar-refractivity contribution in [3.05, 3.63) is 288 Å². The monoisotopic (exact) mass is 1850 g/mol. The van der Waals surface area contributed by atoms with Crippen molar-refractivity contribution < 1.29 is 110 Å². The van der Waals surface area contributed by atoms with Gasteiger partial charge in [0.25, 0.3) is 0 Å². The molecule has 12 rings (SSSR count). The molecule has 4 aromatic heterocycles. The molecule has 28 nitrogen and oxygen atoms in total. The van der Waals surface area contributed by atoms with E-state index in [2.05, 4.69) is 82.4 Å². The van der Waals surface area contributed by atoms with Crippen molar-refractivity contribution in [3.63, 3.8) is 0 Å². The van der Waals surface area contributed by atoms with Crippen LogP contribution in [-0.4, -0.2) is 87.1 Å². The second kappa shape index (κ2) is 46.5. The van der Waals surface area contributed by atoms with Gasteiger partial charge < -0.3 is 61.5 Å². The second-order valence-corrected chi connectivity index (χ2v) is 30.4. The first-order valence-electron chi connectivity index (χ1n) is 40.3. The number of ether oxygens (including phenoxy) is 4. The largest absolute Gasteiger partial charge is 0.439 e. The minimum absolute atomic E-state index is 0.0673. The van der Waals surface area contributed by atoms with Crippen LogP contribution in [0.1, 0.15) is 113 Å². The molecule has 133 heavy (non-hydrogen) atoms. The number of carbonyl (C=O) groups excluding carboxylic acids is 8. The molecule has 8 aromatic carbocycles. The fourth-order valence-electron chi connectivity index (χ4n) is 10.9. The van der Waals surface area contributed by atoms with E-state index >= 15 is 0 Å². The number of halogens is 12. The first-order valence-corrected chi connectivity index (χ1v) is 40.3. The Balaban J connectivity index is 0.000000199. The van der Waals surface area contributed by atoms with Gasteiger partial charge in [-0.3, -0.25) is 38.4 Å². The van der Waals surface area contributed by atoms with Crippen molar-refractivity contribution >= 4 is 93.3 Å². The lowest BCUT2D eigenvalue weighted by atomic mass is 9.96. The lowest BCUT2D eigenvalue weighted by Crippen LogP contribution is -2.28. The number of alkyl halides is 12. The van der Waals surface area contributed by atoms with Gasteiger partial charge in [-0.05, 0) is 162 Å². The highest BCUT2D eigenvalue weighted by atomic mass is 19.4. The quantitative estimate of drug-likeness (QED) is 0.0211. The summed E-state index contributed by atoms with van der Waals surface area (Å²) in [4.78, 5) is 128. The Morgan fingerprint density at radius 1 is 0.293 bits per heavy atom. The number of nitrogens with one attached hydrogen (secondary N) is 8. The molecule has 694 valence electrons. The normalized spacial score (nSPS) is 11.3. The Kier molecular flexibility index (Phi) is 35.3. The van der Waals surface area contributed by atoms with E-state index in [0.29, 0.717) is 93.0 Å². The van der Waals surface area contributed by atoms with Gasteiger partial charge in [0.1, 0.15) is 71.6 Å². The SMILES string of the molecule is CC(C)(C)C(=O)Nc1cc(Oc2ccc(NC(=O)Cc3ccc(C(F)(F)F)cc3)cc2)ncn1.CC(C)C(=O)Nc1cc(Oc2ccc(NC(=O)Cc3ccc(C(F)(F)F)cc3)cc2)ncn1.CC(C)C(=O)Nc1cc(Oc2ccc(NC(=O)Cc3cccc(C(F)(F)F)c3)cc2)ncn1.CCCC(=O)Nc1cc(Oc2ccc(NC(=O)Cc3cccc(C(F)(F)F)c3)cc2)ncn1. The zero-order valence-electron chi connectivity index (χ0n) is 72.0. The fourth-order valence-corrected chi connectivity index (χ4v) is 10.9. The Labute approximate surface area is 753 Å². The molecule has 0 atom stereocenters. The molecular formula is C93H86F12N16O12. The zero-order valence-corrected chi connectivity index (χ0v) is 72.0. The maximum atomic E-state index is 12.8. The summed E-state index contributed by atoms with van der Waals surface area (Å²) in [5, 5.41) is 21.3. The number of benzene rings is 8. The molecule has 0 aliphatic rings. The Morgan fingerprint density at radius 2 is 0.556 bits per heavy atom. The van der Waals surface area contributed by atoms with Crippen molar-refractivity contribution in [2.24, 2.45) is 17.3 Å². The van der Waals surface area contributed by atoms with E-state index in [1.165, 1.54) is 98.1 Å². The van der Waals surface area contributed by atoms with E-state index in [-0.39, 0.29) is 108 Å². The minimum Gasteiger partial charge on any atom is -0.439 e. The predicted octanol–water partition coefficient (Wildman–Crippen LogP) is 20.8. The smallest absolute Gasteiger partial charge is 0.416 e. The molecule has 0 aliphatic heterocycles. The van der Waals surface area contributed by atoms with Crippen molar-refractivity contribution in [2.45, 2.75) is 119 Å². The molecule has 0 fully saturated rings. The van der Waals surface area contributed by atoms with Gasteiger partial charge in [0.05, 0.1) is 47.9 Å². The van der Waals surface area contributed by atoms with Crippen LogP contribution >= 0.6 is 0 Å². The molecule has 0 aliphatic carbocycles. The highest BCUT2D eigenvalue weighted by Gasteiger charge is 2.34. The summed E-state index contributed by atoms with van der Waals surface area (Å²) >= 11 is 0. The molecule has 40 heteroatoms. The summed E-state index contributed by atoms with van der Waals surface area (Å²) in [7, 11) is 0. The van der Waals surface area contributed by atoms with Gasteiger partial charge in [-0.1, -0.05) is 116 Å². The Hall–Kier alpha value is -15.8. The highest BCUT2D eigenvalue weighted by molar-refractivity contribution is 5.96. The third kappa shape index (κ3) is 34.6. The zero-order chi connectivity index (χ0) is 96.8. The number of amides is 8. The first-order chi connectivity index (χ1) is 62.8. The Bertz CT molecular complexity index is 5970. The third-order valence-electron chi connectivity index (χ3n) is 17.8. The lowest BCUT2D eigenvalue weighted by molar-refractivity contribution is -0.138. The standard InChI is InChI=1S/C24H23F3N4O3.3C23H21F3N4O3/c1-23(2,3)22(33)31-19-13-21(29-14-28-19)34-18-10-8-17(9-11-18)30-20(32)12-15-4-6-16(7-5-15)24(25,26)27;1-14(2)22(32)30-19-12-21(28-13-27-19)33-18-9-7-17(8-10-18)29-20(31)11-15-3-5-16(6-4-15)23(24,25)26;1-14(2)22(32)30-19-12-21(28-13-27-19)33-18-8-6-17(7-9-18)29-20(31)11-15-4-3-5-16(10-15)23(24,25)26;1-2-4-20(31)30-19-13-22(28-14-27-19)33-18-9-7-17(8-10-18)29-21(32)12-15-5-3-6-16(11-15)23(24,25)26/h4-11,13-14H,12H2,1-3H3,(H,30,32)(H,28,29,31,33);2*3-10,12-14H,11H2,1-2H3,(H,29,31)(H,27,28,30,32);3,5-11,13-14H,2,4,12H2,1H3,(H,29,32)(H,27,28,30,31). The van der Waals surface area contributed by atoms with Crippen LogP contribution in [0.2, 0.25) is 0 Å². The summed E-state index contributed by atoms with van der Waals surface area (Å²) in [5.74, 6) is 1.05. The van der Waals surface area contributed by atoms with Crippen LogP contribution in [0.5, 0.6) is 46.5 Å². The molecule has 4 heterocycles. The van der Waals surface area contributed by atoms with Gasteiger partial charge >= 0.3 is 24.7 Å². The van der Waals surface area contributed by atoms with Crippen LogP contribution in [-0.2, 0) is 88.7 Å². The van der Waals surface area contributed by atoms with Crippen LogP contribution in [0.15, 0.2) is 244 Å². The average Bonchev–Trinajstić information content (AvgIpc) is 0.830. The summed E-state index contributed by atoms with van der Waals surface area (Å²) in [6, 6.07) is 49.8. The van der Waals surface area contributed by atoms with Crippen molar-refractivity contribution in [3.8, 4) is 46.5 Å². The maximum Gasteiger partial charge on any atom is 0.416 e. The summed E-state index contributed by atoms with van der Waals surface area (Å²) in [6.07, 6.45) is -12.2. The molecule has 8 amide bonds. The van der Waals surface area contributed by atoms with E-state index in [4.69, 9.17) is 18.9 Å². The molecule has 0 radical (unpaired) electrons. The van der Waals surface area contributed by atoms with Crippen molar-refractivity contribution in [1.29, 1.82) is 0 Å². The van der Waals surface area contributed by atoms with E-state index in [1.807, 2.05) is 6.92 Å². The van der Waals surface area contributed by atoms with E-state index in [9.17, 15) is 91.0 Å². The van der Waals surface area contributed by atoms with Crippen LogP contribution in [0.25, 0.3) is 0 Å². The molecule has 8 N–H and O–H groups in total. The van der Waals surface area contributed by atoms with Crippen molar-refractivity contribution in [2.75, 3.05) is 42.5 Å². The number of rotatable bonds is 28. The van der Waals surface area contributed by atoms with E-state index in [0.717, 1.165) is 48.5 Å². The second-order valence-electron chi connectivity index (χ2n) is 30.4. The molecule has 0 bridgehead atoms. The topological polar surface area (TPSA) is 373 Å². The number of hydrogen-bond donors (Lipinski definition) is 8. The van der Waals surface area contributed by atoms with Crippen LogP contribution < -0.4 is 61.5 Å². The first kappa shape index (κ1) is 101. The van der Waals surface area contributed by atoms with E-state index < -0.39 is 64.2 Å². The van der Waals surface area contributed by atoms with Gasteiger partial charge in [-0.2, -0.15) is 52.7 Å². The number of hydrogen-bond acceptors (Lipinski definition) is 20. The van der Waals surface area contributed by atoms with Gasteiger partial charge in [-0.25, -0.2) is 39.9 Å². The number of carbonyl (C=O) groups is 8.